The Hall–Kier alpha value is -1.86. The van der Waals surface area contributed by atoms with Gasteiger partial charge in [-0.2, -0.15) is 5.10 Å². The van der Waals surface area contributed by atoms with Crippen LogP contribution in [0.15, 0.2) is 22.7 Å². The Morgan fingerprint density at radius 3 is 2.70 bits per heavy atom. The van der Waals surface area contributed by atoms with E-state index in [9.17, 15) is 4.79 Å². The molecule has 1 amide bonds. The van der Waals surface area contributed by atoms with E-state index < -0.39 is 5.91 Å². The molecular formula is C16H21BrN4O2. The highest BCUT2D eigenvalue weighted by Crippen LogP contribution is 2.32. The fourth-order valence-corrected chi connectivity index (χ4v) is 2.68. The summed E-state index contributed by atoms with van der Waals surface area (Å²) in [5, 5.41) is 6.88. The Labute approximate surface area is 143 Å². The molecule has 7 heteroatoms. The summed E-state index contributed by atoms with van der Waals surface area (Å²) >= 11 is 3.53. The zero-order valence-corrected chi connectivity index (χ0v) is 15.2. The Morgan fingerprint density at radius 1 is 1.43 bits per heavy atom. The number of benzene rings is 1. The standard InChI is InChI=1S/C16H21BrN4O2/c1-9-14(15(22)19-18)12(21-20-9)8-23-13-6-5-10(7-11(13)17)16(2,3)4/h5-7H,8,18H2,1-4H3,(H,19,22)(H,20,21). The number of carbonyl (C=O) groups excluding carboxylic acids is 1. The van der Waals surface area contributed by atoms with E-state index in [0.29, 0.717) is 22.7 Å². The summed E-state index contributed by atoms with van der Waals surface area (Å²) in [6.45, 7) is 8.38. The van der Waals surface area contributed by atoms with Gasteiger partial charge in [-0.25, -0.2) is 5.84 Å². The molecule has 2 aromatic rings. The molecule has 0 fully saturated rings. The molecule has 0 unspecified atom stereocenters. The van der Waals surface area contributed by atoms with Gasteiger partial charge >= 0.3 is 0 Å². The van der Waals surface area contributed by atoms with E-state index in [0.717, 1.165) is 4.47 Å². The smallest absolute Gasteiger partial charge is 0.269 e. The van der Waals surface area contributed by atoms with Crippen LogP contribution in [0.5, 0.6) is 5.75 Å². The minimum absolute atomic E-state index is 0.0622. The molecule has 1 aromatic heterocycles. The van der Waals surface area contributed by atoms with Crippen molar-refractivity contribution in [3.05, 3.63) is 45.2 Å². The van der Waals surface area contributed by atoms with Crippen molar-refractivity contribution in [2.45, 2.75) is 39.7 Å². The number of amides is 1. The molecule has 0 saturated carbocycles. The van der Waals surface area contributed by atoms with E-state index in [1.54, 1.807) is 6.92 Å². The van der Waals surface area contributed by atoms with Crippen molar-refractivity contribution in [2.75, 3.05) is 0 Å². The van der Waals surface area contributed by atoms with E-state index in [4.69, 9.17) is 10.6 Å². The number of aryl methyl sites for hydroxylation is 1. The third kappa shape index (κ3) is 3.92. The summed E-state index contributed by atoms with van der Waals surface area (Å²) in [5.41, 5.74) is 4.96. The lowest BCUT2D eigenvalue weighted by Crippen LogP contribution is -2.31. The number of aromatic nitrogens is 2. The van der Waals surface area contributed by atoms with Crippen molar-refractivity contribution >= 4 is 21.8 Å². The summed E-state index contributed by atoms with van der Waals surface area (Å²) in [4.78, 5) is 11.8. The molecule has 0 aliphatic rings. The quantitative estimate of drug-likeness (QED) is 0.431. The molecule has 124 valence electrons. The molecule has 23 heavy (non-hydrogen) atoms. The highest BCUT2D eigenvalue weighted by molar-refractivity contribution is 9.10. The molecule has 6 nitrogen and oxygen atoms in total. The molecular weight excluding hydrogens is 360 g/mol. The number of rotatable bonds is 4. The summed E-state index contributed by atoms with van der Waals surface area (Å²) in [6, 6.07) is 5.98. The van der Waals surface area contributed by atoms with Gasteiger partial charge in [0.25, 0.3) is 5.91 Å². The molecule has 4 N–H and O–H groups in total. The number of nitrogens with two attached hydrogens (primary N) is 1. The maximum Gasteiger partial charge on any atom is 0.269 e. The Kier molecular flexibility index (Phi) is 5.11. The maximum absolute atomic E-state index is 11.8. The van der Waals surface area contributed by atoms with Crippen LogP contribution in [-0.2, 0) is 12.0 Å². The van der Waals surface area contributed by atoms with Crippen LogP contribution in [0.2, 0.25) is 0 Å². The number of ether oxygens (including phenoxy) is 1. The number of carbonyl (C=O) groups is 1. The number of nitrogens with zero attached hydrogens (tertiary/aromatic N) is 1. The van der Waals surface area contributed by atoms with Crippen molar-refractivity contribution in [3.63, 3.8) is 0 Å². The van der Waals surface area contributed by atoms with Crippen molar-refractivity contribution in [1.82, 2.24) is 15.6 Å². The molecule has 1 aromatic carbocycles. The van der Waals surface area contributed by atoms with E-state index in [1.807, 2.05) is 18.2 Å². The Morgan fingerprint density at radius 2 is 2.13 bits per heavy atom. The molecule has 2 rings (SSSR count). The average molecular weight is 381 g/mol. The van der Waals surface area contributed by atoms with Crippen molar-refractivity contribution in [2.24, 2.45) is 5.84 Å². The van der Waals surface area contributed by atoms with Crippen molar-refractivity contribution in [3.8, 4) is 5.75 Å². The summed E-state index contributed by atoms with van der Waals surface area (Å²) in [7, 11) is 0. The second kappa shape index (κ2) is 6.72. The number of H-pyrrole nitrogens is 1. The van der Waals surface area contributed by atoms with Gasteiger partial charge in [0.15, 0.2) is 0 Å². The van der Waals surface area contributed by atoms with Crippen LogP contribution in [-0.4, -0.2) is 16.1 Å². The first kappa shape index (κ1) is 17.5. The largest absolute Gasteiger partial charge is 0.486 e. The van der Waals surface area contributed by atoms with Crippen LogP contribution < -0.4 is 16.0 Å². The lowest BCUT2D eigenvalue weighted by molar-refractivity contribution is 0.0950. The highest BCUT2D eigenvalue weighted by Gasteiger charge is 2.19. The number of halogens is 1. The van der Waals surface area contributed by atoms with Crippen LogP contribution >= 0.6 is 15.9 Å². The van der Waals surface area contributed by atoms with Gasteiger partial charge in [-0.1, -0.05) is 26.8 Å². The molecule has 0 bridgehead atoms. The SMILES string of the molecule is Cc1[nH]nc(COc2ccc(C(C)(C)C)cc2Br)c1C(=O)NN. The van der Waals surface area contributed by atoms with E-state index in [2.05, 4.69) is 52.3 Å². The molecule has 0 spiro atoms. The Bertz CT molecular complexity index is 719. The van der Waals surface area contributed by atoms with Gasteiger partial charge in [0.05, 0.1) is 10.0 Å². The van der Waals surface area contributed by atoms with Gasteiger partial charge in [0.1, 0.15) is 18.1 Å². The number of hydrazine groups is 1. The van der Waals surface area contributed by atoms with E-state index in [-0.39, 0.29) is 12.0 Å². The van der Waals surface area contributed by atoms with Crippen LogP contribution in [0, 0.1) is 6.92 Å². The fourth-order valence-electron chi connectivity index (χ4n) is 2.19. The van der Waals surface area contributed by atoms with Gasteiger partial charge in [0.2, 0.25) is 0 Å². The predicted molar refractivity (Wildman–Crippen MR) is 92.2 cm³/mol. The molecule has 1 heterocycles. The minimum Gasteiger partial charge on any atom is -0.486 e. The van der Waals surface area contributed by atoms with E-state index in [1.165, 1.54) is 5.56 Å². The zero-order valence-electron chi connectivity index (χ0n) is 13.7. The molecule has 0 aliphatic heterocycles. The number of aromatic amines is 1. The second-order valence-corrected chi connectivity index (χ2v) is 7.18. The number of nitrogens with one attached hydrogen (secondary N) is 2. The van der Waals surface area contributed by atoms with Gasteiger partial charge in [-0.3, -0.25) is 15.3 Å². The topological polar surface area (TPSA) is 93.0 Å². The normalized spacial score (nSPS) is 11.4. The van der Waals surface area contributed by atoms with E-state index >= 15 is 0 Å². The lowest BCUT2D eigenvalue weighted by atomic mass is 9.87. The predicted octanol–water partition coefficient (Wildman–Crippen LogP) is 2.96. The van der Waals surface area contributed by atoms with Gasteiger partial charge in [0, 0.05) is 5.69 Å². The van der Waals surface area contributed by atoms with Gasteiger partial charge in [-0.15, -0.1) is 0 Å². The molecule has 0 atom stereocenters. The van der Waals surface area contributed by atoms with Crippen LogP contribution in [0.25, 0.3) is 0 Å². The minimum atomic E-state index is -0.392. The van der Waals surface area contributed by atoms with Crippen molar-refractivity contribution < 1.29 is 9.53 Å². The monoisotopic (exact) mass is 380 g/mol. The van der Waals surface area contributed by atoms with Crippen molar-refractivity contribution in [1.29, 1.82) is 0 Å². The summed E-state index contributed by atoms with van der Waals surface area (Å²) in [5.74, 6) is 5.50. The number of hydrogen-bond acceptors (Lipinski definition) is 4. The highest BCUT2D eigenvalue weighted by atomic mass is 79.9. The second-order valence-electron chi connectivity index (χ2n) is 6.33. The number of hydrogen-bond donors (Lipinski definition) is 3. The van der Waals surface area contributed by atoms with Gasteiger partial charge < -0.3 is 4.74 Å². The zero-order chi connectivity index (χ0) is 17.2. The molecule has 0 radical (unpaired) electrons. The lowest BCUT2D eigenvalue weighted by Gasteiger charge is -2.20. The third-order valence-electron chi connectivity index (χ3n) is 3.54. The Balaban J connectivity index is 2.18. The first-order valence-corrected chi connectivity index (χ1v) is 8.01. The average Bonchev–Trinajstić information content (AvgIpc) is 2.85. The third-order valence-corrected chi connectivity index (χ3v) is 4.16. The first-order chi connectivity index (χ1) is 10.7. The van der Waals surface area contributed by atoms with Crippen LogP contribution in [0.3, 0.4) is 0 Å². The summed E-state index contributed by atoms with van der Waals surface area (Å²) < 4.78 is 6.65. The van der Waals surface area contributed by atoms with Gasteiger partial charge in [-0.05, 0) is 46.0 Å². The number of nitrogen functional groups attached to an aromatic ring is 1. The fraction of sp³-hybridized carbons (Fsp3) is 0.375. The van der Waals surface area contributed by atoms with Crippen LogP contribution in [0.1, 0.15) is 48.1 Å². The van der Waals surface area contributed by atoms with Crippen LogP contribution in [0.4, 0.5) is 0 Å². The summed E-state index contributed by atoms with van der Waals surface area (Å²) in [6.07, 6.45) is 0. The first-order valence-electron chi connectivity index (χ1n) is 7.21. The molecule has 0 saturated heterocycles. The maximum atomic E-state index is 11.8. The molecule has 0 aliphatic carbocycles.